The number of rotatable bonds is 7. The van der Waals surface area contributed by atoms with E-state index in [-0.39, 0.29) is 39.3 Å². The summed E-state index contributed by atoms with van der Waals surface area (Å²) in [6, 6.07) is 16.9. The smallest absolute Gasteiger partial charge is 0.411 e. The number of carbonyl (C=O) groups is 4. The Bertz CT molecular complexity index is 1250. The van der Waals surface area contributed by atoms with Crippen LogP contribution in [0.5, 0.6) is 0 Å². The van der Waals surface area contributed by atoms with Crippen molar-refractivity contribution < 1.29 is 33.8 Å². The van der Waals surface area contributed by atoms with E-state index >= 15 is 0 Å². The van der Waals surface area contributed by atoms with E-state index in [4.69, 9.17) is 9.47 Å². The average Bonchev–Trinajstić information content (AvgIpc) is 2.94. The first-order valence-corrected chi connectivity index (χ1v) is 13.7. The second-order valence-electron chi connectivity index (χ2n) is 11.4. The van der Waals surface area contributed by atoms with E-state index in [9.17, 15) is 24.3 Å². The van der Waals surface area contributed by atoms with E-state index in [2.05, 4.69) is 5.32 Å². The Labute approximate surface area is 240 Å². The molecule has 2 aliphatic rings. The van der Waals surface area contributed by atoms with Crippen LogP contribution in [0.2, 0.25) is 0 Å². The van der Waals surface area contributed by atoms with Gasteiger partial charge in [-0.3, -0.25) is 14.5 Å². The molecule has 2 aromatic carbocycles. The van der Waals surface area contributed by atoms with Gasteiger partial charge in [-0.1, -0.05) is 60.7 Å². The number of benzene rings is 2. The lowest BCUT2D eigenvalue weighted by Crippen LogP contribution is -2.81. The maximum absolute atomic E-state index is 14.2. The van der Waals surface area contributed by atoms with E-state index in [1.54, 1.807) is 20.8 Å². The number of β-lactam (4-membered cyclic amide) rings is 1. The van der Waals surface area contributed by atoms with Gasteiger partial charge >= 0.3 is 12.2 Å². The maximum Gasteiger partial charge on any atom is 0.411 e. The van der Waals surface area contributed by atoms with Crippen LogP contribution < -0.4 is 5.32 Å². The number of ether oxygens (including phenoxy) is 2. The number of hydrogen-bond donors (Lipinski definition) is 2. The molecule has 41 heavy (non-hydrogen) atoms. The van der Waals surface area contributed by atoms with Gasteiger partial charge in [-0.05, 0) is 38.8 Å². The first-order chi connectivity index (χ1) is 19.4. The lowest BCUT2D eigenvalue weighted by molar-refractivity contribution is -0.166. The van der Waals surface area contributed by atoms with Crippen molar-refractivity contribution in [2.75, 3.05) is 26.2 Å². The molecule has 2 aliphatic heterocycles. The van der Waals surface area contributed by atoms with Gasteiger partial charge in [0.2, 0.25) is 11.8 Å². The minimum absolute atomic E-state index is 0.00710. The summed E-state index contributed by atoms with van der Waals surface area (Å²) in [4.78, 5) is 57.5. The molecule has 2 N–H and O–H groups in total. The van der Waals surface area contributed by atoms with Crippen molar-refractivity contribution in [3.8, 4) is 0 Å². The van der Waals surface area contributed by atoms with Crippen LogP contribution in [0.1, 0.15) is 38.8 Å². The van der Waals surface area contributed by atoms with E-state index in [1.165, 1.54) is 21.6 Å². The van der Waals surface area contributed by atoms with Crippen LogP contribution in [0.25, 0.3) is 0 Å². The van der Waals surface area contributed by atoms with Crippen molar-refractivity contribution in [2.45, 2.75) is 64.1 Å². The minimum atomic E-state index is -1.35. The molecule has 2 saturated heterocycles. The van der Waals surface area contributed by atoms with E-state index in [1.807, 2.05) is 60.7 Å². The summed E-state index contributed by atoms with van der Waals surface area (Å²) in [5, 5.41) is 13.6. The Morgan fingerprint density at radius 1 is 1.02 bits per heavy atom. The quantitative estimate of drug-likeness (QED) is 0.493. The van der Waals surface area contributed by atoms with Crippen molar-refractivity contribution in [1.29, 1.82) is 0 Å². The Morgan fingerprint density at radius 3 is 2.15 bits per heavy atom. The van der Waals surface area contributed by atoms with Crippen LogP contribution in [-0.2, 0) is 32.2 Å². The highest BCUT2D eigenvalue weighted by atomic mass is 16.6. The second kappa shape index (κ2) is 12.2. The molecule has 4 rings (SSSR count). The lowest BCUT2D eigenvalue weighted by Gasteiger charge is -2.55. The highest BCUT2D eigenvalue weighted by Crippen LogP contribution is 2.30. The number of aliphatic hydroxyl groups excluding tert-OH is 1. The summed E-state index contributed by atoms with van der Waals surface area (Å²) in [7, 11) is 0. The first kappa shape index (κ1) is 29.9. The maximum atomic E-state index is 14.2. The summed E-state index contributed by atoms with van der Waals surface area (Å²) >= 11 is 0. The molecule has 0 saturated carbocycles. The SMILES string of the molecule is CC(O)[C@@H](C(=O)N1CCN(C(=O)OC(C)(C)C)CC12CNC2=O)N(Cc1ccccc1)C(=O)OCc1ccccc1. The molecule has 11 nitrogen and oxygen atoms in total. The van der Waals surface area contributed by atoms with Crippen LogP contribution in [0.15, 0.2) is 60.7 Å². The Hall–Kier alpha value is -4.12. The van der Waals surface area contributed by atoms with Crippen LogP contribution >= 0.6 is 0 Å². The summed E-state index contributed by atoms with van der Waals surface area (Å²) in [5.74, 6) is -1.02. The molecule has 4 amide bonds. The summed E-state index contributed by atoms with van der Waals surface area (Å²) in [5.41, 5.74) is -0.572. The fourth-order valence-electron chi connectivity index (χ4n) is 5.05. The third kappa shape index (κ3) is 6.79. The van der Waals surface area contributed by atoms with Crippen LogP contribution in [0, 0.1) is 0 Å². The van der Waals surface area contributed by atoms with Crippen molar-refractivity contribution in [2.24, 2.45) is 0 Å². The molecule has 0 aromatic heterocycles. The predicted molar refractivity (Wildman–Crippen MR) is 149 cm³/mol. The minimum Gasteiger partial charge on any atom is -0.445 e. The van der Waals surface area contributed by atoms with Gasteiger partial charge in [-0.25, -0.2) is 9.59 Å². The third-order valence-electron chi connectivity index (χ3n) is 7.13. The van der Waals surface area contributed by atoms with Gasteiger partial charge in [0, 0.05) is 19.6 Å². The second-order valence-corrected chi connectivity index (χ2v) is 11.4. The van der Waals surface area contributed by atoms with E-state index < -0.39 is 47.3 Å². The molecule has 2 fully saturated rings. The van der Waals surface area contributed by atoms with Crippen molar-refractivity contribution in [1.82, 2.24) is 20.0 Å². The predicted octanol–water partition coefficient (Wildman–Crippen LogP) is 2.52. The number of piperazine rings is 1. The van der Waals surface area contributed by atoms with Crippen molar-refractivity contribution in [3.05, 3.63) is 71.8 Å². The van der Waals surface area contributed by atoms with Crippen LogP contribution in [0.3, 0.4) is 0 Å². The lowest BCUT2D eigenvalue weighted by atomic mass is 9.85. The fourth-order valence-corrected chi connectivity index (χ4v) is 5.05. The average molecular weight is 567 g/mol. The summed E-state index contributed by atoms with van der Waals surface area (Å²) in [6.45, 7) is 6.86. The largest absolute Gasteiger partial charge is 0.445 e. The van der Waals surface area contributed by atoms with Gasteiger partial charge in [-0.2, -0.15) is 0 Å². The molecule has 2 heterocycles. The molecule has 220 valence electrons. The van der Waals surface area contributed by atoms with Crippen molar-refractivity contribution >= 4 is 24.0 Å². The van der Waals surface area contributed by atoms with Crippen LogP contribution in [-0.4, -0.2) is 93.3 Å². The molecular formula is C30H38N4O7. The fraction of sp³-hybridized carbons (Fsp3) is 0.467. The van der Waals surface area contributed by atoms with Gasteiger partial charge in [0.15, 0.2) is 5.54 Å². The number of nitrogens with one attached hydrogen (secondary N) is 1. The summed E-state index contributed by atoms with van der Waals surface area (Å²) < 4.78 is 11.1. The zero-order valence-corrected chi connectivity index (χ0v) is 23.9. The standard InChI is InChI=1S/C30H38N4O7/c1-21(35)24(33(17-22-11-7-5-8-12-22)28(39)40-18-23-13-9-6-10-14-23)25(36)34-16-15-32(27(38)41-29(2,3)4)20-30(34)19-31-26(30)37/h5-14,21,24,35H,15-20H2,1-4H3,(H,31,37)/t21?,24-,30?/m0/s1. The van der Waals surface area contributed by atoms with Crippen molar-refractivity contribution in [3.63, 3.8) is 0 Å². The van der Waals surface area contributed by atoms with E-state index in [0.29, 0.717) is 0 Å². The number of amides is 4. The third-order valence-corrected chi connectivity index (χ3v) is 7.13. The molecule has 0 aliphatic carbocycles. The molecular weight excluding hydrogens is 528 g/mol. The van der Waals surface area contributed by atoms with Gasteiger partial charge < -0.3 is 29.7 Å². The normalized spacial score (nSPS) is 20.0. The zero-order valence-electron chi connectivity index (χ0n) is 23.9. The highest BCUT2D eigenvalue weighted by Gasteiger charge is 2.58. The number of carbonyl (C=O) groups excluding carboxylic acids is 4. The Morgan fingerprint density at radius 2 is 1.63 bits per heavy atom. The molecule has 3 atom stereocenters. The zero-order chi connectivity index (χ0) is 29.8. The molecule has 1 spiro atoms. The topological polar surface area (TPSA) is 129 Å². The van der Waals surface area contributed by atoms with Crippen LogP contribution in [0.4, 0.5) is 9.59 Å². The molecule has 2 aromatic rings. The van der Waals surface area contributed by atoms with Gasteiger partial charge in [-0.15, -0.1) is 0 Å². The number of nitrogens with zero attached hydrogens (tertiary/aromatic N) is 3. The monoisotopic (exact) mass is 566 g/mol. The number of aliphatic hydroxyl groups is 1. The Balaban J connectivity index is 1.60. The van der Waals surface area contributed by atoms with Gasteiger partial charge in [0.05, 0.1) is 19.2 Å². The molecule has 0 radical (unpaired) electrons. The molecule has 2 unspecified atom stereocenters. The first-order valence-electron chi connectivity index (χ1n) is 13.7. The van der Waals surface area contributed by atoms with Gasteiger partial charge in [0.1, 0.15) is 18.2 Å². The number of hydrogen-bond acceptors (Lipinski definition) is 7. The van der Waals surface area contributed by atoms with Gasteiger partial charge in [0.25, 0.3) is 0 Å². The van der Waals surface area contributed by atoms with E-state index in [0.717, 1.165) is 11.1 Å². The molecule has 0 bridgehead atoms. The highest BCUT2D eigenvalue weighted by molar-refractivity contribution is 5.99. The summed E-state index contributed by atoms with van der Waals surface area (Å²) in [6.07, 6.45) is -2.65. The molecule has 11 heteroatoms. The Kier molecular flexibility index (Phi) is 8.86.